The summed E-state index contributed by atoms with van der Waals surface area (Å²) < 4.78 is 89.4. The number of rotatable bonds is 24. The molecule has 79 heavy (non-hydrogen) atoms. The molecule has 0 saturated carbocycles. The van der Waals surface area contributed by atoms with E-state index in [9.17, 15) is 35.9 Å². The van der Waals surface area contributed by atoms with Gasteiger partial charge in [-0.1, -0.05) is 156 Å². The molecule has 0 bridgehead atoms. The van der Waals surface area contributed by atoms with Crippen molar-refractivity contribution < 1.29 is 45.4 Å². The van der Waals surface area contributed by atoms with Crippen molar-refractivity contribution in [2.45, 2.75) is 50.4 Å². The molecule has 6 nitrogen and oxygen atoms in total. The predicted molar refractivity (Wildman–Crippen MR) is 305 cm³/mol. The number of alkyl halides is 6. The highest BCUT2D eigenvalue weighted by Crippen LogP contribution is 2.31. The molecular weight excluding hydrogens is 1100 g/mol. The first-order valence-electron chi connectivity index (χ1n) is 25.3. The van der Waals surface area contributed by atoms with E-state index in [0.29, 0.717) is 74.6 Å². The Hall–Kier alpha value is -6.12. The van der Waals surface area contributed by atoms with Crippen LogP contribution in [0.25, 0.3) is 0 Å². The molecule has 16 heteroatoms. The molecule has 0 aliphatic heterocycles. The predicted octanol–water partition coefficient (Wildman–Crippen LogP) is 16.3. The molecule has 0 fully saturated rings. The van der Waals surface area contributed by atoms with E-state index in [0.717, 1.165) is 40.9 Å². The highest BCUT2D eigenvalue weighted by atomic mass is 35.5. The Kier molecular flexibility index (Phi) is 23.1. The Balaban J connectivity index is 0.000000259. The number of benzene rings is 7. The van der Waals surface area contributed by atoms with Crippen molar-refractivity contribution in [2.24, 2.45) is 5.92 Å². The third-order valence-corrected chi connectivity index (χ3v) is 14.1. The van der Waals surface area contributed by atoms with E-state index in [1.54, 1.807) is 60.7 Å². The van der Waals surface area contributed by atoms with Crippen molar-refractivity contribution in [3.05, 3.63) is 247 Å². The molecule has 7 aromatic rings. The number of nitrogens with zero attached hydrogens (tertiary/aromatic N) is 2. The molecule has 0 saturated heterocycles. The topological polar surface area (TPSA) is 59.1 Å². The lowest BCUT2D eigenvalue weighted by Crippen LogP contribution is -2.33. The Labute approximate surface area is 478 Å². The third-order valence-electron chi connectivity index (χ3n) is 13.1. The average molecular weight is 1160 g/mol. The number of ketones is 2. The van der Waals surface area contributed by atoms with Crippen molar-refractivity contribution >= 4 is 58.0 Å². The van der Waals surface area contributed by atoms with Crippen LogP contribution in [-0.4, -0.2) is 87.2 Å². The second-order valence-corrected chi connectivity index (χ2v) is 21.1. The van der Waals surface area contributed by atoms with E-state index in [2.05, 4.69) is 16.4 Å². The number of likely N-dealkylation sites (N-methyl/N-ethyl adjacent to an activating group) is 2. The summed E-state index contributed by atoms with van der Waals surface area (Å²) in [6, 6.07) is 52.0. The van der Waals surface area contributed by atoms with Gasteiger partial charge in [0.2, 0.25) is 5.78 Å². The summed E-state index contributed by atoms with van der Waals surface area (Å²) in [6.45, 7) is 8.79. The standard InChI is InChI=1S/C35H34Cl2F3NO2.C28H26Cl2F3NO2/c1-24-3-5-25(6-4-24)21-29(34(42)35(38,39)40)22-26-7-17-32(18-8-26)43-20-19-41(2)23-33(27-9-13-30(36)14-10-27)28-11-15-31(37)16-12-28;1-19(27(35)28(31,32)33)17-20-3-13-25(14-4-20)36-16-15-34(2)18-26(21-5-9-23(29)10-6-21)22-7-11-24(30)12-8-22/h3-18,29,33H,19-23H2,1-2H3;3-14,26H,1,15-18H2,2H3. The number of halogens is 10. The Morgan fingerprint density at radius 2 is 0.797 bits per heavy atom. The fraction of sp³-hybridized carbons (Fsp3) is 0.270. The van der Waals surface area contributed by atoms with Gasteiger partial charge < -0.3 is 19.3 Å². The number of hydrogen-bond acceptors (Lipinski definition) is 6. The van der Waals surface area contributed by atoms with Crippen molar-refractivity contribution in [2.75, 3.05) is 53.5 Å². The number of hydrogen-bond donors (Lipinski definition) is 0. The lowest BCUT2D eigenvalue weighted by Gasteiger charge is -2.25. The van der Waals surface area contributed by atoms with Crippen LogP contribution in [0.4, 0.5) is 26.3 Å². The van der Waals surface area contributed by atoms with Gasteiger partial charge in [0.25, 0.3) is 5.78 Å². The lowest BCUT2D eigenvalue weighted by atomic mass is 9.88. The Bertz CT molecular complexity index is 2940. The SMILES string of the molecule is C=C(Cc1ccc(OCCN(C)CC(c2ccc(Cl)cc2)c2ccc(Cl)cc2)cc1)C(=O)C(F)(F)F.Cc1ccc(CC(Cc2ccc(OCCN(C)CC(c3ccc(Cl)cc3)c3ccc(Cl)cc3)cc2)C(=O)C(F)(F)F)cc1. The normalized spacial score (nSPS) is 12.1. The molecule has 1 unspecified atom stereocenters. The molecular formula is C63H60Cl4F6N2O4. The summed E-state index contributed by atoms with van der Waals surface area (Å²) in [4.78, 5) is 27.8. The van der Waals surface area contributed by atoms with E-state index in [1.165, 1.54) is 0 Å². The van der Waals surface area contributed by atoms with Gasteiger partial charge in [-0.15, -0.1) is 0 Å². The second-order valence-electron chi connectivity index (χ2n) is 19.4. The van der Waals surface area contributed by atoms with Gasteiger partial charge in [0, 0.05) is 76.0 Å². The molecule has 0 aromatic heterocycles. The molecule has 0 aliphatic carbocycles. The second kappa shape index (κ2) is 29.4. The molecule has 1 atom stereocenters. The molecule has 7 rings (SSSR count). The smallest absolute Gasteiger partial charge is 0.454 e. The molecule has 0 amide bonds. The Morgan fingerprint density at radius 3 is 1.11 bits per heavy atom. The van der Waals surface area contributed by atoms with Crippen LogP contribution >= 0.6 is 46.4 Å². The summed E-state index contributed by atoms with van der Waals surface area (Å²) in [7, 11) is 4.03. The highest BCUT2D eigenvalue weighted by molar-refractivity contribution is 6.31. The largest absolute Gasteiger partial charge is 0.492 e. The quantitative estimate of drug-likeness (QED) is 0.0444. The molecule has 0 radical (unpaired) electrons. The zero-order chi connectivity index (χ0) is 57.3. The number of aryl methyl sites for hydroxylation is 1. The van der Waals surface area contributed by atoms with Crippen LogP contribution in [0.5, 0.6) is 11.5 Å². The maximum absolute atomic E-state index is 13.4. The van der Waals surface area contributed by atoms with E-state index < -0.39 is 35.4 Å². The number of Topliss-reactive ketones (excluding diaryl/α,β-unsaturated/α-hetero) is 2. The molecule has 416 valence electrons. The summed E-state index contributed by atoms with van der Waals surface area (Å²) in [5.74, 6) is -3.39. The van der Waals surface area contributed by atoms with E-state index >= 15 is 0 Å². The van der Waals surface area contributed by atoms with Crippen LogP contribution in [0.1, 0.15) is 56.3 Å². The van der Waals surface area contributed by atoms with Gasteiger partial charge in [0.1, 0.15) is 24.7 Å². The van der Waals surface area contributed by atoms with Crippen molar-refractivity contribution in [3.8, 4) is 11.5 Å². The van der Waals surface area contributed by atoms with Crippen LogP contribution in [0.2, 0.25) is 20.1 Å². The van der Waals surface area contributed by atoms with Crippen molar-refractivity contribution in [1.82, 2.24) is 9.80 Å². The first-order valence-corrected chi connectivity index (χ1v) is 26.8. The number of carbonyl (C=O) groups is 2. The van der Waals surface area contributed by atoms with Gasteiger partial charge in [-0.3, -0.25) is 9.59 Å². The zero-order valence-electron chi connectivity index (χ0n) is 43.8. The maximum Gasteiger partial charge on any atom is 0.454 e. The van der Waals surface area contributed by atoms with Gasteiger partial charge >= 0.3 is 12.4 Å². The van der Waals surface area contributed by atoms with Crippen LogP contribution in [0.3, 0.4) is 0 Å². The molecule has 0 spiro atoms. The van der Waals surface area contributed by atoms with Crippen molar-refractivity contribution in [1.29, 1.82) is 0 Å². The van der Waals surface area contributed by atoms with Crippen LogP contribution in [0.15, 0.2) is 182 Å². The average Bonchev–Trinajstić information content (AvgIpc) is 3.42. The molecule has 7 aromatic carbocycles. The number of carbonyl (C=O) groups excluding carboxylic acids is 2. The summed E-state index contributed by atoms with van der Waals surface area (Å²) in [5, 5.41) is 2.72. The highest BCUT2D eigenvalue weighted by Gasteiger charge is 2.43. The van der Waals surface area contributed by atoms with Gasteiger partial charge in [-0.25, -0.2) is 0 Å². The van der Waals surface area contributed by atoms with Crippen molar-refractivity contribution in [3.63, 3.8) is 0 Å². The van der Waals surface area contributed by atoms with E-state index in [4.69, 9.17) is 55.9 Å². The molecule has 0 aliphatic rings. The maximum atomic E-state index is 13.4. The van der Waals surface area contributed by atoms with Crippen LogP contribution in [0, 0.1) is 12.8 Å². The number of ether oxygens (including phenoxy) is 2. The van der Waals surface area contributed by atoms with Gasteiger partial charge in [-0.2, -0.15) is 26.3 Å². The van der Waals surface area contributed by atoms with E-state index in [1.807, 2.05) is 130 Å². The van der Waals surface area contributed by atoms with Gasteiger partial charge in [-0.05, 0) is 146 Å². The minimum atomic E-state index is -4.91. The lowest BCUT2D eigenvalue weighted by molar-refractivity contribution is -0.175. The van der Waals surface area contributed by atoms with Gasteiger partial charge in [0.05, 0.1) is 0 Å². The third kappa shape index (κ3) is 20.2. The Morgan fingerprint density at radius 1 is 0.481 bits per heavy atom. The fourth-order valence-corrected chi connectivity index (χ4v) is 9.27. The minimum absolute atomic E-state index is 0.00791. The summed E-state index contributed by atoms with van der Waals surface area (Å²) in [6.07, 6.45) is -9.95. The van der Waals surface area contributed by atoms with Gasteiger partial charge in [0.15, 0.2) is 0 Å². The fourth-order valence-electron chi connectivity index (χ4n) is 8.77. The van der Waals surface area contributed by atoms with Crippen LogP contribution < -0.4 is 9.47 Å². The zero-order valence-corrected chi connectivity index (χ0v) is 46.8. The van der Waals surface area contributed by atoms with E-state index in [-0.39, 0.29) is 31.1 Å². The first-order chi connectivity index (χ1) is 37.5. The summed E-state index contributed by atoms with van der Waals surface area (Å²) in [5.41, 5.74) is 6.96. The monoisotopic (exact) mass is 1160 g/mol. The first kappa shape index (κ1) is 62.1. The molecule has 0 heterocycles. The summed E-state index contributed by atoms with van der Waals surface area (Å²) >= 11 is 24.4. The van der Waals surface area contributed by atoms with Crippen LogP contribution in [-0.2, 0) is 28.9 Å². The minimum Gasteiger partial charge on any atom is -0.492 e. The number of allylic oxidation sites excluding steroid dienone is 1. The molecule has 0 N–H and O–H groups in total.